The standard InChI is InChI=1S/C22H28N2O4S/c1-17(2)15-21(18-7-4-3-5-8-18)23-22(25)19-9-6-10-20(16-19)29(26,27)24-11-13-28-14-12-24/h3-10,16-17,21H,11-15H2,1-2H3,(H,23,25)/t21-/m1/s1. The molecule has 7 heteroatoms. The molecule has 0 saturated carbocycles. The van der Waals surface area contributed by atoms with Crippen LogP contribution in [0.3, 0.4) is 0 Å². The van der Waals surface area contributed by atoms with Gasteiger partial charge >= 0.3 is 0 Å². The van der Waals surface area contributed by atoms with Crippen LogP contribution in [0, 0.1) is 5.92 Å². The second-order valence-electron chi connectivity index (χ2n) is 7.61. The SMILES string of the molecule is CC(C)C[C@@H](NC(=O)c1cccc(S(=O)(=O)N2CCOCC2)c1)c1ccccc1. The fourth-order valence-corrected chi connectivity index (χ4v) is 4.86. The minimum atomic E-state index is -3.64. The Kier molecular flexibility index (Phi) is 7.05. The first-order valence-corrected chi connectivity index (χ1v) is 11.4. The number of nitrogens with one attached hydrogen (secondary N) is 1. The second kappa shape index (κ2) is 9.52. The summed E-state index contributed by atoms with van der Waals surface area (Å²) in [4.78, 5) is 13.1. The Morgan fingerprint density at radius 2 is 1.76 bits per heavy atom. The van der Waals surface area contributed by atoms with Crippen LogP contribution in [-0.4, -0.2) is 44.9 Å². The summed E-state index contributed by atoms with van der Waals surface area (Å²) >= 11 is 0. The van der Waals surface area contributed by atoms with Gasteiger partial charge in [0, 0.05) is 18.7 Å². The molecule has 1 aliphatic rings. The number of nitrogens with zero attached hydrogens (tertiary/aromatic N) is 1. The van der Waals surface area contributed by atoms with Gasteiger partial charge in [0.05, 0.1) is 24.2 Å². The molecule has 0 radical (unpaired) electrons. The number of sulfonamides is 1. The van der Waals surface area contributed by atoms with Gasteiger partial charge in [0.2, 0.25) is 10.0 Å². The predicted octanol–water partition coefficient (Wildman–Crippen LogP) is 3.22. The quantitative estimate of drug-likeness (QED) is 0.752. The number of rotatable bonds is 7. The molecule has 6 nitrogen and oxygen atoms in total. The van der Waals surface area contributed by atoms with Crippen molar-refractivity contribution in [3.63, 3.8) is 0 Å². The molecule has 1 aliphatic heterocycles. The van der Waals surface area contributed by atoms with Crippen LogP contribution < -0.4 is 5.32 Å². The first-order valence-electron chi connectivity index (χ1n) is 9.91. The van der Waals surface area contributed by atoms with E-state index >= 15 is 0 Å². The summed E-state index contributed by atoms with van der Waals surface area (Å²) < 4.78 is 32.4. The van der Waals surface area contributed by atoms with E-state index in [-0.39, 0.29) is 16.8 Å². The van der Waals surface area contributed by atoms with Crippen LogP contribution in [0.15, 0.2) is 59.5 Å². The molecule has 0 bridgehead atoms. The molecule has 1 N–H and O–H groups in total. The Hall–Kier alpha value is -2.22. The number of amides is 1. The normalized spacial score (nSPS) is 16.5. The van der Waals surface area contributed by atoms with E-state index in [0.29, 0.717) is 37.8 Å². The molecule has 3 rings (SSSR count). The lowest BCUT2D eigenvalue weighted by Crippen LogP contribution is -2.40. The van der Waals surface area contributed by atoms with Gasteiger partial charge in [-0.15, -0.1) is 0 Å². The molecular weight excluding hydrogens is 388 g/mol. The summed E-state index contributed by atoms with van der Waals surface area (Å²) in [6, 6.07) is 15.9. The largest absolute Gasteiger partial charge is 0.379 e. The topological polar surface area (TPSA) is 75.7 Å². The molecular formula is C22H28N2O4S. The molecule has 0 unspecified atom stereocenters. The highest BCUT2D eigenvalue weighted by atomic mass is 32.2. The van der Waals surface area contributed by atoms with E-state index < -0.39 is 10.0 Å². The van der Waals surface area contributed by atoms with Crippen molar-refractivity contribution >= 4 is 15.9 Å². The molecule has 1 fully saturated rings. The van der Waals surface area contributed by atoms with Gasteiger partial charge in [0.15, 0.2) is 0 Å². The van der Waals surface area contributed by atoms with Crippen LogP contribution in [0.2, 0.25) is 0 Å². The van der Waals surface area contributed by atoms with Crippen molar-refractivity contribution in [1.82, 2.24) is 9.62 Å². The third-order valence-electron chi connectivity index (χ3n) is 4.92. The Morgan fingerprint density at radius 3 is 2.41 bits per heavy atom. The van der Waals surface area contributed by atoms with E-state index in [9.17, 15) is 13.2 Å². The zero-order valence-electron chi connectivity index (χ0n) is 16.9. The van der Waals surface area contributed by atoms with Crippen molar-refractivity contribution in [2.75, 3.05) is 26.3 Å². The lowest BCUT2D eigenvalue weighted by atomic mass is 9.96. The van der Waals surface area contributed by atoms with Crippen LogP contribution in [0.1, 0.15) is 42.2 Å². The average molecular weight is 417 g/mol. The Balaban J connectivity index is 1.81. The molecule has 1 atom stereocenters. The molecule has 1 amide bonds. The van der Waals surface area contributed by atoms with Gasteiger partial charge in [0.25, 0.3) is 5.91 Å². The minimum Gasteiger partial charge on any atom is -0.379 e. The van der Waals surface area contributed by atoms with Gasteiger partial charge in [0.1, 0.15) is 0 Å². The van der Waals surface area contributed by atoms with Crippen molar-refractivity contribution < 1.29 is 17.9 Å². The molecule has 1 heterocycles. The Morgan fingerprint density at radius 1 is 1.07 bits per heavy atom. The Bertz CT molecular complexity index is 923. The highest BCUT2D eigenvalue weighted by Crippen LogP contribution is 2.23. The molecule has 0 aromatic heterocycles. The van der Waals surface area contributed by atoms with Gasteiger partial charge < -0.3 is 10.1 Å². The van der Waals surface area contributed by atoms with Crippen molar-refractivity contribution in [3.05, 3.63) is 65.7 Å². The monoisotopic (exact) mass is 416 g/mol. The molecule has 2 aromatic rings. The first-order chi connectivity index (χ1) is 13.9. The van der Waals surface area contributed by atoms with Crippen molar-refractivity contribution in [2.24, 2.45) is 5.92 Å². The molecule has 2 aromatic carbocycles. The zero-order chi connectivity index (χ0) is 20.9. The lowest BCUT2D eigenvalue weighted by molar-refractivity contribution is 0.0730. The number of hydrogen-bond acceptors (Lipinski definition) is 4. The van der Waals surface area contributed by atoms with E-state index in [4.69, 9.17) is 4.74 Å². The van der Waals surface area contributed by atoms with Gasteiger partial charge in [-0.3, -0.25) is 4.79 Å². The van der Waals surface area contributed by atoms with Gasteiger partial charge in [-0.05, 0) is 36.1 Å². The van der Waals surface area contributed by atoms with E-state index in [1.165, 1.54) is 16.4 Å². The average Bonchev–Trinajstić information content (AvgIpc) is 2.74. The van der Waals surface area contributed by atoms with Crippen LogP contribution in [-0.2, 0) is 14.8 Å². The minimum absolute atomic E-state index is 0.132. The number of morpholine rings is 1. The maximum Gasteiger partial charge on any atom is 0.251 e. The van der Waals surface area contributed by atoms with E-state index in [1.54, 1.807) is 12.1 Å². The first kappa shape index (κ1) is 21.5. The summed E-state index contributed by atoms with van der Waals surface area (Å²) in [5.41, 5.74) is 1.37. The molecule has 29 heavy (non-hydrogen) atoms. The molecule has 1 saturated heterocycles. The fourth-order valence-electron chi connectivity index (χ4n) is 3.41. The van der Waals surface area contributed by atoms with Gasteiger partial charge in [-0.1, -0.05) is 50.2 Å². The summed E-state index contributed by atoms with van der Waals surface area (Å²) in [6.07, 6.45) is 0.793. The highest BCUT2D eigenvalue weighted by Gasteiger charge is 2.27. The summed E-state index contributed by atoms with van der Waals surface area (Å²) in [7, 11) is -3.64. The highest BCUT2D eigenvalue weighted by molar-refractivity contribution is 7.89. The number of hydrogen-bond donors (Lipinski definition) is 1. The maximum atomic E-state index is 12.9. The van der Waals surface area contributed by atoms with Crippen LogP contribution in [0.25, 0.3) is 0 Å². The third-order valence-corrected chi connectivity index (χ3v) is 6.81. The van der Waals surface area contributed by atoms with Gasteiger partial charge in [-0.2, -0.15) is 4.31 Å². The predicted molar refractivity (Wildman–Crippen MR) is 112 cm³/mol. The Labute approximate surface area is 172 Å². The number of ether oxygens (including phenoxy) is 1. The van der Waals surface area contributed by atoms with Crippen LogP contribution in [0.5, 0.6) is 0 Å². The van der Waals surface area contributed by atoms with Crippen LogP contribution >= 0.6 is 0 Å². The maximum absolute atomic E-state index is 12.9. The van der Waals surface area contributed by atoms with E-state index in [0.717, 1.165) is 12.0 Å². The summed E-state index contributed by atoms with van der Waals surface area (Å²) in [6.45, 7) is 5.63. The third kappa shape index (κ3) is 5.44. The molecule has 0 spiro atoms. The number of carbonyl (C=O) groups excluding carboxylic acids is 1. The zero-order valence-corrected chi connectivity index (χ0v) is 17.7. The lowest BCUT2D eigenvalue weighted by Gasteiger charge is -2.26. The van der Waals surface area contributed by atoms with Crippen molar-refractivity contribution in [1.29, 1.82) is 0 Å². The second-order valence-corrected chi connectivity index (χ2v) is 9.55. The number of benzene rings is 2. The summed E-state index contributed by atoms with van der Waals surface area (Å²) in [5.74, 6) is 0.118. The van der Waals surface area contributed by atoms with Crippen molar-refractivity contribution in [2.45, 2.75) is 31.2 Å². The number of carbonyl (C=O) groups is 1. The van der Waals surface area contributed by atoms with Crippen molar-refractivity contribution in [3.8, 4) is 0 Å². The van der Waals surface area contributed by atoms with E-state index in [1.807, 2.05) is 30.3 Å². The molecule has 156 valence electrons. The van der Waals surface area contributed by atoms with Gasteiger partial charge in [-0.25, -0.2) is 8.42 Å². The smallest absolute Gasteiger partial charge is 0.251 e. The van der Waals surface area contributed by atoms with Crippen LogP contribution in [0.4, 0.5) is 0 Å². The fraction of sp³-hybridized carbons (Fsp3) is 0.409. The molecule has 0 aliphatic carbocycles. The summed E-state index contributed by atoms with van der Waals surface area (Å²) in [5, 5.41) is 3.07. The van der Waals surface area contributed by atoms with E-state index in [2.05, 4.69) is 19.2 Å².